The molecule has 3 heterocycles. The first-order valence-electron chi connectivity index (χ1n) is 8.55. The molecule has 5 nitrogen and oxygen atoms in total. The average Bonchev–Trinajstić information content (AvgIpc) is 3.14. The molecular formula is C19H20N4OS. The topological polar surface area (TPSA) is 58.1 Å². The normalized spacial score (nSPS) is 18.3. The molecule has 3 aromatic rings. The highest BCUT2D eigenvalue weighted by atomic mass is 32.1. The Morgan fingerprint density at radius 2 is 2.16 bits per heavy atom. The fourth-order valence-electron chi connectivity index (χ4n) is 3.38. The summed E-state index contributed by atoms with van der Waals surface area (Å²) in [5.74, 6) is -0.0610. The number of benzene rings is 1. The minimum atomic E-state index is -0.0610. The van der Waals surface area contributed by atoms with E-state index in [9.17, 15) is 4.79 Å². The van der Waals surface area contributed by atoms with E-state index in [1.165, 1.54) is 4.88 Å². The van der Waals surface area contributed by atoms with E-state index >= 15 is 0 Å². The number of likely N-dealkylation sites (tertiary alicyclic amines) is 1. The maximum absolute atomic E-state index is 12.8. The van der Waals surface area contributed by atoms with Crippen LogP contribution in [0.4, 0.5) is 0 Å². The van der Waals surface area contributed by atoms with Crippen molar-refractivity contribution in [1.82, 2.24) is 20.2 Å². The number of amides is 1. The van der Waals surface area contributed by atoms with Crippen LogP contribution in [0.1, 0.15) is 28.1 Å². The van der Waals surface area contributed by atoms with Crippen LogP contribution >= 0.6 is 11.3 Å². The summed E-state index contributed by atoms with van der Waals surface area (Å²) >= 11 is 1.79. The van der Waals surface area contributed by atoms with E-state index in [2.05, 4.69) is 37.7 Å². The molecule has 6 heteroatoms. The monoisotopic (exact) mass is 352 g/mol. The summed E-state index contributed by atoms with van der Waals surface area (Å²) in [4.78, 5) is 25.1. The molecular weight excluding hydrogens is 332 g/mol. The molecule has 1 amide bonds. The van der Waals surface area contributed by atoms with Gasteiger partial charge >= 0.3 is 0 Å². The van der Waals surface area contributed by atoms with Gasteiger partial charge in [-0.3, -0.25) is 19.7 Å². The van der Waals surface area contributed by atoms with Crippen molar-refractivity contribution in [2.45, 2.75) is 25.4 Å². The van der Waals surface area contributed by atoms with E-state index in [0.717, 1.165) is 38.0 Å². The molecule has 1 aliphatic heterocycles. The van der Waals surface area contributed by atoms with E-state index in [4.69, 9.17) is 0 Å². The molecule has 1 N–H and O–H groups in total. The van der Waals surface area contributed by atoms with Gasteiger partial charge in [0.1, 0.15) is 5.52 Å². The van der Waals surface area contributed by atoms with Gasteiger partial charge in [0.25, 0.3) is 5.91 Å². The first kappa shape index (κ1) is 16.2. The zero-order chi connectivity index (χ0) is 17.1. The maximum Gasteiger partial charge on any atom is 0.253 e. The maximum atomic E-state index is 12.8. The number of fused-ring (bicyclic) bond motifs is 1. The van der Waals surface area contributed by atoms with Crippen LogP contribution in [0.5, 0.6) is 0 Å². The fourth-order valence-corrected chi connectivity index (χ4v) is 4.13. The Labute approximate surface area is 150 Å². The number of para-hydroxylation sites is 1. The highest BCUT2D eigenvalue weighted by Gasteiger charge is 2.23. The van der Waals surface area contributed by atoms with Gasteiger partial charge in [-0.1, -0.05) is 12.1 Å². The van der Waals surface area contributed by atoms with Crippen LogP contribution in [0.2, 0.25) is 0 Å². The van der Waals surface area contributed by atoms with E-state index < -0.39 is 0 Å². The van der Waals surface area contributed by atoms with Gasteiger partial charge < -0.3 is 5.32 Å². The van der Waals surface area contributed by atoms with Crippen LogP contribution in [0, 0.1) is 0 Å². The Bertz CT molecular complexity index is 860. The molecule has 0 unspecified atom stereocenters. The molecule has 0 radical (unpaired) electrons. The summed E-state index contributed by atoms with van der Waals surface area (Å²) in [7, 11) is 0. The number of piperidine rings is 1. The Kier molecular flexibility index (Phi) is 4.72. The molecule has 2 aromatic heterocycles. The number of nitrogens with one attached hydrogen (secondary N) is 1. The van der Waals surface area contributed by atoms with Crippen molar-refractivity contribution in [3.05, 3.63) is 58.5 Å². The second kappa shape index (κ2) is 7.29. The van der Waals surface area contributed by atoms with Crippen molar-refractivity contribution >= 4 is 28.3 Å². The summed E-state index contributed by atoms with van der Waals surface area (Å²) in [6.07, 6.45) is 5.39. The SMILES string of the molecule is O=C(N[C@H]1CCCN(Cc2cccs2)C1)c1cccc2nccnc12. The molecule has 0 spiro atoms. The summed E-state index contributed by atoms with van der Waals surface area (Å²) in [6, 6.07) is 9.98. The summed E-state index contributed by atoms with van der Waals surface area (Å²) in [6.45, 7) is 2.94. The van der Waals surface area contributed by atoms with Crippen molar-refractivity contribution < 1.29 is 4.79 Å². The molecule has 1 aliphatic rings. The van der Waals surface area contributed by atoms with Crippen LogP contribution < -0.4 is 5.32 Å². The Balaban J connectivity index is 1.45. The van der Waals surface area contributed by atoms with Crippen molar-refractivity contribution in [3.8, 4) is 0 Å². The number of thiophene rings is 1. The van der Waals surface area contributed by atoms with Crippen LogP contribution in [0.15, 0.2) is 48.1 Å². The Morgan fingerprint density at radius 1 is 1.24 bits per heavy atom. The van der Waals surface area contributed by atoms with Gasteiger partial charge in [-0.15, -0.1) is 11.3 Å². The number of carbonyl (C=O) groups is 1. The highest BCUT2D eigenvalue weighted by molar-refractivity contribution is 7.09. The van der Waals surface area contributed by atoms with Crippen molar-refractivity contribution in [2.75, 3.05) is 13.1 Å². The fraction of sp³-hybridized carbons (Fsp3) is 0.316. The number of rotatable bonds is 4. The van der Waals surface area contributed by atoms with E-state index in [1.54, 1.807) is 23.7 Å². The summed E-state index contributed by atoms with van der Waals surface area (Å²) < 4.78 is 0. The Hall–Kier alpha value is -2.31. The lowest BCUT2D eigenvalue weighted by Gasteiger charge is -2.32. The highest BCUT2D eigenvalue weighted by Crippen LogP contribution is 2.18. The molecule has 0 bridgehead atoms. The van der Waals surface area contributed by atoms with Gasteiger partial charge in [0.2, 0.25) is 0 Å². The third kappa shape index (κ3) is 3.70. The molecule has 1 saturated heterocycles. The first-order chi connectivity index (χ1) is 12.3. The van der Waals surface area contributed by atoms with Gasteiger partial charge in [0.15, 0.2) is 0 Å². The number of nitrogens with zero attached hydrogens (tertiary/aromatic N) is 3. The van der Waals surface area contributed by atoms with Crippen LogP contribution in [0.25, 0.3) is 11.0 Å². The van der Waals surface area contributed by atoms with Crippen molar-refractivity contribution in [1.29, 1.82) is 0 Å². The van der Waals surface area contributed by atoms with E-state index in [1.807, 2.05) is 18.2 Å². The minimum Gasteiger partial charge on any atom is -0.348 e. The zero-order valence-corrected chi connectivity index (χ0v) is 14.7. The lowest BCUT2D eigenvalue weighted by Crippen LogP contribution is -2.47. The van der Waals surface area contributed by atoms with Gasteiger partial charge in [0.05, 0.1) is 11.1 Å². The number of carbonyl (C=O) groups excluding carboxylic acids is 1. The van der Waals surface area contributed by atoms with Crippen LogP contribution in [0.3, 0.4) is 0 Å². The van der Waals surface area contributed by atoms with Gasteiger partial charge in [-0.05, 0) is 43.0 Å². The van der Waals surface area contributed by atoms with E-state index in [0.29, 0.717) is 11.1 Å². The molecule has 0 saturated carbocycles. The quantitative estimate of drug-likeness (QED) is 0.784. The summed E-state index contributed by atoms with van der Waals surface area (Å²) in [5.41, 5.74) is 2.01. The van der Waals surface area contributed by atoms with Gasteiger partial charge in [0, 0.05) is 36.4 Å². The van der Waals surface area contributed by atoms with Crippen LogP contribution in [-0.4, -0.2) is 39.9 Å². The predicted octanol–water partition coefficient (Wildman–Crippen LogP) is 3.09. The Morgan fingerprint density at radius 3 is 3.04 bits per heavy atom. The van der Waals surface area contributed by atoms with E-state index in [-0.39, 0.29) is 11.9 Å². The minimum absolute atomic E-state index is 0.0610. The third-order valence-electron chi connectivity index (χ3n) is 4.54. The van der Waals surface area contributed by atoms with Crippen molar-refractivity contribution in [3.63, 3.8) is 0 Å². The number of hydrogen-bond acceptors (Lipinski definition) is 5. The largest absolute Gasteiger partial charge is 0.348 e. The molecule has 128 valence electrons. The lowest BCUT2D eigenvalue weighted by atomic mass is 10.0. The second-order valence-corrected chi connectivity index (χ2v) is 7.39. The third-order valence-corrected chi connectivity index (χ3v) is 5.40. The number of hydrogen-bond donors (Lipinski definition) is 1. The molecule has 4 rings (SSSR count). The van der Waals surface area contributed by atoms with Gasteiger partial charge in [-0.2, -0.15) is 0 Å². The molecule has 1 fully saturated rings. The molecule has 1 aromatic carbocycles. The van der Waals surface area contributed by atoms with Crippen LogP contribution in [-0.2, 0) is 6.54 Å². The molecule has 25 heavy (non-hydrogen) atoms. The standard InChI is InChI=1S/C19H20N4OS/c24-19(16-6-1-7-17-18(16)21-9-8-20-17)22-14-4-2-10-23(12-14)13-15-5-3-11-25-15/h1,3,5-9,11,14H,2,4,10,12-13H2,(H,22,24)/t14-/m0/s1. The zero-order valence-electron chi connectivity index (χ0n) is 13.9. The number of aromatic nitrogens is 2. The van der Waals surface area contributed by atoms with Crippen molar-refractivity contribution in [2.24, 2.45) is 0 Å². The predicted molar refractivity (Wildman–Crippen MR) is 99.6 cm³/mol. The first-order valence-corrected chi connectivity index (χ1v) is 9.43. The summed E-state index contributed by atoms with van der Waals surface area (Å²) in [5, 5.41) is 5.30. The average molecular weight is 352 g/mol. The lowest BCUT2D eigenvalue weighted by molar-refractivity contribution is 0.0902. The molecule has 0 aliphatic carbocycles. The second-order valence-electron chi connectivity index (χ2n) is 6.36. The van der Waals surface area contributed by atoms with Gasteiger partial charge in [-0.25, -0.2) is 0 Å². The smallest absolute Gasteiger partial charge is 0.253 e. The molecule has 1 atom stereocenters.